The number of nitriles is 1. The largest absolute Gasteiger partial charge is 0.393 e. The SMILES string of the molecule is CC(O)CC(C)NC(=O)C(=O)NCC#N. The molecular formula is C9H15N3O3. The molecule has 6 heteroatoms. The van der Waals surface area contributed by atoms with Crippen LogP contribution in [0.4, 0.5) is 0 Å². The number of nitrogens with zero attached hydrogens (tertiary/aromatic N) is 1. The number of amides is 2. The lowest BCUT2D eigenvalue weighted by atomic mass is 10.1. The van der Waals surface area contributed by atoms with E-state index in [1.54, 1.807) is 19.9 Å². The molecule has 0 aliphatic carbocycles. The first-order valence-electron chi connectivity index (χ1n) is 4.61. The highest BCUT2D eigenvalue weighted by molar-refractivity contribution is 6.35. The maximum absolute atomic E-state index is 11.1. The molecule has 0 saturated carbocycles. The lowest BCUT2D eigenvalue weighted by Gasteiger charge is -2.14. The predicted molar refractivity (Wildman–Crippen MR) is 52.5 cm³/mol. The third-order valence-corrected chi connectivity index (χ3v) is 1.61. The standard InChI is InChI=1S/C9H15N3O3/c1-6(5-7(2)13)12-9(15)8(14)11-4-3-10/h6-7,13H,4-5H2,1-2H3,(H,11,14)(H,12,15). The van der Waals surface area contributed by atoms with Gasteiger partial charge in [-0.2, -0.15) is 5.26 Å². The van der Waals surface area contributed by atoms with E-state index in [0.717, 1.165) is 0 Å². The van der Waals surface area contributed by atoms with Crippen LogP contribution in [0.25, 0.3) is 0 Å². The Balaban J connectivity index is 3.92. The zero-order chi connectivity index (χ0) is 11.8. The lowest BCUT2D eigenvalue weighted by molar-refractivity contribution is -0.139. The van der Waals surface area contributed by atoms with E-state index in [1.165, 1.54) is 0 Å². The van der Waals surface area contributed by atoms with Crippen molar-refractivity contribution in [2.45, 2.75) is 32.4 Å². The highest BCUT2D eigenvalue weighted by atomic mass is 16.3. The van der Waals surface area contributed by atoms with E-state index in [1.807, 2.05) is 0 Å². The Morgan fingerprint density at radius 1 is 1.40 bits per heavy atom. The summed E-state index contributed by atoms with van der Waals surface area (Å²) in [7, 11) is 0. The van der Waals surface area contributed by atoms with Crippen LogP contribution in [0.5, 0.6) is 0 Å². The molecular weight excluding hydrogens is 198 g/mol. The molecule has 0 rings (SSSR count). The van der Waals surface area contributed by atoms with Crippen molar-refractivity contribution in [2.75, 3.05) is 6.54 Å². The number of carbonyl (C=O) groups excluding carboxylic acids is 2. The molecule has 0 heterocycles. The molecule has 0 aliphatic rings. The van der Waals surface area contributed by atoms with Crippen molar-refractivity contribution in [3.8, 4) is 6.07 Å². The molecule has 0 radical (unpaired) electrons. The van der Waals surface area contributed by atoms with Crippen LogP contribution in [-0.2, 0) is 9.59 Å². The Kier molecular flexibility index (Phi) is 6.06. The summed E-state index contributed by atoms with van der Waals surface area (Å²) < 4.78 is 0. The van der Waals surface area contributed by atoms with Gasteiger partial charge in [-0.1, -0.05) is 0 Å². The first kappa shape index (κ1) is 13.4. The molecule has 0 saturated heterocycles. The number of aliphatic hydroxyl groups is 1. The van der Waals surface area contributed by atoms with Crippen molar-refractivity contribution in [1.82, 2.24) is 10.6 Å². The predicted octanol–water partition coefficient (Wildman–Crippen LogP) is -1.10. The van der Waals surface area contributed by atoms with Gasteiger partial charge >= 0.3 is 11.8 Å². The van der Waals surface area contributed by atoms with E-state index in [0.29, 0.717) is 6.42 Å². The minimum absolute atomic E-state index is 0.197. The van der Waals surface area contributed by atoms with Crippen molar-refractivity contribution < 1.29 is 14.7 Å². The smallest absolute Gasteiger partial charge is 0.310 e. The van der Waals surface area contributed by atoms with Gasteiger partial charge in [0.05, 0.1) is 12.2 Å². The summed E-state index contributed by atoms with van der Waals surface area (Å²) in [6.45, 7) is 3.08. The van der Waals surface area contributed by atoms with Gasteiger partial charge in [0.25, 0.3) is 0 Å². The van der Waals surface area contributed by atoms with Crippen LogP contribution in [0.2, 0.25) is 0 Å². The highest BCUT2D eigenvalue weighted by Gasteiger charge is 2.16. The lowest BCUT2D eigenvalue weighted by Crippen LogP contribution is -2.44. The zero-order valence-electron chi connectivity index (χ0n) is 8.78. The Labute approximate surface area is 88.3 Å². The third kappa shape index (κ3) is 6.46. The van der Waals surface area contributed by atoms with E-state index in [-0.39, 0.29) is 12.6 Å². The molecule has 6 nitrogen and oxygen atoms in total. The van der Waals surface area contributed by atoms with Crippen molar-refractivity contribution in [3.63, 3.8) is 0 Å². The van der Waals surface area contributed by atoms with Crippen molar-refractivity contribution in [3.05, 3.63) is 0 Å². The van der Waals surface area contributed by atoms with Crippen LogP contribution >= 0.6 is 0 Å². The molecule has 15 heavy (non-hydrogen) atoms. The molecule has 0 fully saturated rings. The molecule has 0 bridgehead atoms. The zero-order valence-corrected chi connectivity index (χ0v) is 8.78. The van der Waals surface area contributed by atoms with Crippen LogP contribution in [0, 0.1) is 11.3 Å². The number of nitrogens with one attached hydrogen (secondary N) is 2. The van der Waals surface area contributed by atoms with Crippen LogP contribution in [0.1, 0.15) is 20.3 Å². The van der Waals surface area contributed by atoms with Crippen molar-refractivity contribution in [1.29, 1.82) is 5.26 Å². The van der Waals surface area contributed by atoms with Gasteiger partial charge < -0.3 is 15.7 Å². The first-order valence-corrected chi connectivity index (χ1v) is 4.61. The van der Waals surface area contributed by atoms with Crippen molar-refractivity contribution in [2.24, 2.45) is 0 Å². The number of hydrogen-bond acceptors (Lipinski definition) is 4. The van der Waals surface area contributed by atoms with Crippen LogP contribution in [0.15, 0.2) is 0 Å². The topological polar surface area (TPSA) is 102 Å². The normalized spacial score (nSPS) is 13.5. The average molecular weight is 213 g/mol. The van der Waals surface area contributed by atoms with Crippen LogP contribution in [0.3, 0.4) is 0 Å². The Morgan fingerprint density at radius 2 is 2.00 bits per heavy atom. The van der Waals surface area contributed by atoms with Gasteiger partial charge in [-0.15, -0.1) is 0 Å². The number of hydrogen-bond donors (Lipinski definition) is 3. The summed E-state index contributed by atoms with van der Waals surface area (Å²) in [5, 5.41) is 21.7. The maximum atomic E-state index is 11.1. The molecule has 2 unspecified atom stereocenters. The second-order valence-electron chi connectivity index (χ2n) is 3.30. The molecule has 0 aromatic rings. The van der Waals surface area contributed by atoms with E-state index < -0.39 is 17.9 Å². The van der Waals surface area contributed by atoms with Gasteiger partial charge in [0.2, 0.25) is 0 Å². The number of carbonyl (C=O) groups is 2. The minimum atomic E-state index is -0.839. The molecule has 0 aliphatic heterocycles. The molecule has 0 aromatic carbocycles. The summed E-state index contributed by atoms with van der Waals surface area (Å²) >= 11 is 0. The van der Waals surface area contributed by atoms with Gasteiger partial charge in [-0.3, -0.25) is 9.59 Å². The number of aliphatic hydroxyl groups excluding tert-OH is 1. The van der Waals surface area contributed by atoms with Gasteiger partial charge in [0, 0.05) is 6.04 Å². The summed E-state index contributed by atoms with van der Waals surface area (Å²) in [4.78, 5) is 22.1. The monoisotopic (exact) mass is 213 g/mol. The van der Waals surface area contributed by atoms with Gasteiger partial charge in [0.1, 0.15) is 6.54 Å². The fourth-order valence-corrected chi connectivity index (χ4v) is 1.06. The summed E-state index contributed by atoms with van der Waals surface area (Å²) in [5.41, 5.74) is 0. The molecule has 2 amide bonds. The second-order valence-corrected chi connectivity index (χ2v) is 3.30. The van der Waals surface area contributed by atoms with E-state index in [2.05, 4.69) is 10.6 Å². The quantitative estimate of drug-likeness (QED) is 0.407. The molecule has 0 aromatic heterocycles. The fourth-order valence-electron chi connectivity index (χ4n) is 1.06. The van der Waals surface area contributed by atoms with Gasteiger partial charge in [0.15, 0.2) is 0 Å². The Bertz CT molecular complexity index is 270. The summed E-state index contributed by atoms with van der Waals surface area (Å²) in [6, 6.07) is 1.40. The molecule has 2 atom stereocenters. The third-order valence-electron chi connectivity index (χ3n) is 1.61. The second kappa shape index (κ2) is 6.79. The maximum Gasteiger partial charge on any atom is 0.310 e. The minimum Gasteiger partial charge on any atom is -0.393 e. The van der Waals surface area contributed by atoms with E-state index in [4.69, 9.17) is 10.4 Å². The fraction of sp³-hybridized carbons (Fsp3) is 0.667. The average Bonchev–Trinajstić information content (AvgIpc) is 2.12. The van der Waals surface area contributed by atoms with E-state index >= 15 is 0 Å². The van der Waals surface area contributed by atoms with E-state index in [9.17, 15) is 9.59 Å². The number of rotatable bonds is 4. The van der Waals surface area contributed by atoms with Crippen LogP contribution < -0.4 is 10.6 Å². The Morgan fingerprint density at radius 3 is 2.47 bits per heavy atom. The van der Waals surface area contributed by atoms with Gasteiger partial charge in [-0.25, -0.2) is 0 Å². The van der Waals surface area contributed by atoms with Crippen LogP contribution in [-0.4, -0.2) is 35.6 Å². The summed E-state index contributed by atoms with van der Waals surface area (Å²) in [5.74, 6) is -1.63. The molecule has 84 valence electrons. The highest BCUT2D eigenvalue weighted by Crippen LogP contribution is 1.95. The van der Waals surface area contributed by atoms with Crippen molar-refractivity contribution >= 4 is 11.8 Å². The van der Waals surface area contributed by atoms with Gasteiger partial charge in [-0.05, 0) is 20.3 Å². The first-order chi connectivity index (χ1) is 6.97. The molecule has 0 spiro atoms. The summed E-state index contributed by atoms with van der Waals surface area (Å²) in [6.07, 6.45) is -0.167. The molecule has 3 N–H and O–H groups in total. The Hall–Kier alpha value is -1.61.